The number of fused-ring (bicyclic) bond motifs is 2. The van der Waals surface area contributed by atoms with Crippen molar-refractivity contribution in [2.24, 2.45) is 7.05 Å². The number of hydrogen-bond acceptors (Lipinski definition) is 5. The third kappa shape index (κ3) is 2.72. The first-order valence-electron chi connectivity index (χ1n) is 8.30. The van der Waals surface area contributed by atoms with E-state index in [0.717, 1.165) is 5.56 Å². The monoisotopic (exact) mass is 395 g/mol. The molecule has 0 aliphatic carbocycles. The molecule has 9 heteroatoms. The minimum atomic E-state index is -3.74. The lowest BCUT2D eigenvalue weighted by atomic mass is 10.1. The normalized spacial score (nSPS) is 19.7. The largest absolute Gasteiger partial charge is 0.489 e. The standard InChI is InChI=1S/C17H18ClN3O4S/c1-10-5-11-6-12(7-14(18)16(11)25-10)26(23,24)21-4-3-13-15(8-21)19-9-20(2)17(13)22/h6-7,9-10H,3-5,8H2,1-2H3/t10-/m1/s1. The van der Waals surface area contributed by atoms with Crippen molar-refractivity contribution >= 4 is 21.6 Å². The van der Waals surface area contributed by atoms with Crippen molar-refractivity contribution in [3.8, 4) is 5.75 Å². The molecule has 0 saturated carbocycles. The van der Waals surface area contributed by atoms with E-state index in [0.29, 0.717) is 34.9 Å². The second-order valence-electron chi connectivity index (χ2n) is 6.70. The SMILES string of the molecule is C[C@@H]1Cc2cc(S(=O)(=O)N3CCc4c(ncn(C)c4=O)C3)cc(Cl)c2O1. The fourth-order valence-electron chi connectivity index (χ4n) is 3.46. The number of halogens is 1. The molecule has 1 aromatic carbocycles. The molecule has 0 bridgehead atoms. The van der Waals surface area contributed by atoms with Crippen LogP contribution in [0.3, 0.4) is 0 Å². The van der Waals surface area contributed by atoms with Gasteiger partial charge >= 0.3 is 0 Å². The molecule has 3 heterocycles. The molecule has 2 aliphatic heterocycles. The topological polar surface area (TPSA) is 81.5 Å². The lowest BCUT2D eigenvalue weighted by Gasteiger charge is -2.27. The van der Waals surface area contributed by atoms with E-state index >= 15 is 0 Å². The van der Waals surface area contributed by atoms with E-state index in [2.05, 4.69) is 4.98 Å². The third-order valence-corrected chi connectivity index (χ3v) is 6.91. The van der Waals surface area contributed by atoms with Crippen LogP contribution in [0.2, 0.25) is 5.02 Å². The molecule has 2 aromatic rings. The van der Waals surface area contributed by atoms with E-state index in [-0.39, 0.29) is 29.6 Å². The average Bonchev–Trinajstić information content (AvgIpc) is 2.99. The molecule has 0 saturated heterocycles. The Kier molecular flexibility index (Phi) is 4.09. The zero-order valence-corrected chi connectivity index (χ0v) is 16.0. The Hall–Kier alpha value is -1.90. The van der Waals surface area contributed by atoms with Crippen molar-refractivity contribution in [1.29, 1.82) is 0 Å². The highest BCUT2D eigenvalue weighted by Crippen LogP contribution is 2.38. The van der Waals surface area contributed by atoms with Crippen LogP contribution in [0, 0.1) is 0 Å². The first-order chi connectivity index (χ1) is 12.3. The van der Waals surface area contributed by atoms with E-state index < -0.39 is 10.0 Å². The summed E-state index contributed by atoms with van der Waals surface area (Å²) in [4.78, 5) is 16.5. The van der Waals surface area contributed by atoms with Crippen LogP contribution in [0.4, 0.5) is 0 Å². The van der Waals surface area contributed by atoms with Gasteiger partial charge in [-0.05, 0) is 25.5 Å². The number of sulfonamides is 1. The maximum absolute atomic E-state index is 13.1. The summed E-state index contributed by atoms with van der Waals surface area (Å²) in [5.74, 6) is 0.562. The van der Waals surface area contributed by atoms with Gasteiger partial charge in [0.05, 0.1) is 28.5 Å². The molecule has 0 N–H and O–H groups in total. The lowest BCUT2D eigenvalue weighted by molar-refractivity contribution is 0.255. The predicted molar refractivity (Wildman–Crippen MR) is 96.0 cm³/mol. The van der Waals surface area contributed by atoms with Crippen LogP contribution in [0.15, 0.2) is 28.2 Å². The fraction of sp³-hybridized carbons (Fsp3) is 0.412. The molecule has 0 spiro atoms. The first kappa shape index (κ1) is 17.5. The van der Waals surface area contributed by atoms with Gasteiger partial charge in [-0.1, -0.05) is 11.6 Å². The minimum absolute atomic E-state index is 0.0252. The number of nitrogens with zero attached hydrogens (tertiary/aromatic N) is 3. The van der Waals surface area contributed by atoms with Crippen molar-refractivity contribution in [1.82, 2.24) is 13.9 Å². The Balaban J connectivity index is 1.70. The van der Waals surface area contributed by atoms with Crippen LogP contribution in [-0.2, 0) is 36.5 Å². The summed E-state index contributed by atoms with van der Waals surface area (Å²) in [5, 5.41) is 0.301. The summed E-state index contributed by atoms with van der Waals surface area (Å²) in [5.41, 5.74) is 1.76. The van der Waals surface area contributed by atoms with E-state index in [9.17, 15) is 13.2 Å². The molecular formula is C17H18ClN3O4S. The van der Waals surface area contributed by atoms with Gasteiger partial charge in [0.15, 0.2) is 0 Å². The molecule has 138 valence electrons. The Bertz CT molecular complexity index is 1060. The van der Waals surface area contributed by atoms with Crippen LogP contribution >= 0.6 is 11.6 Å². The number of hydrogen-bond donors (Lipinski definition) is 0. The molecule has 0 unspecified atom stereocenters. The van der Waals surface area contributed by atoms with Gasteiger partial charge in [0.2, 0.25) is 10.0 Å². The highest BCUT2D eigenvalue weighted by Gasteiger charge is 2.32. The summed E-state index contributed by atoms with van der Waals surface area (Å²) in [6, 6.07) is 3.06. The van der Waals surface area contributed by atoms with Gasteiger partial charge in [-0.15, -0.1) is 0 Å². The molecule has 0 radical (unpaired) electrons. The van der Waals surface area contributed by atoms with Crippen molar-refractivity contribution in [2.45, 2.75) is 37.3 Å². The molecule has 0 fully saturated rings. The number of aryl methyl sites for hydroxylation is 1. The van der Waals surface area contributed by atoms with Crippen LogP contribution in [0.5, 0.6) is 5.75 Å². The minimum Gasteiger partial charge on any atom is -0.489 e. The van der Waals surface area contributed by atoms with Gasteiger partial charge in [-0.2, -0.15) is 4.31 Å². The van der Waals surface area contributed by atoms with E-state index in [1.807, 2.05) is 6.92 Å². The van der Waals surface area contributed by atoms with Crippen LogP contribution in [-0.4, -0.2) is 34.9 Å². The molecule has 26 heavy (non-hydrogen) atoms. The quantitative estimate of drug-likeness (QED) is 0.769. The maximum atomic E-state index is 13.1. The second kappa shape index (κ2) is 6.07. The predicted octanol–water partition coefficient (Wildman–Crippen LogP) is 1.50. The molecule has 1 atom stereocenters. The van der Waals surface area contributed by atoms with Gasteiger partial charge in [0.1, 0.15) is 11.9 Å². The number of rotatable bonds is 2. The fourth-order valence-corrected chi connectivity index (χ4v) is 5.28. The van der Waals surface area contributed by atoms with E-state index in [1.165, 1.54) is 21.3 Å². The molecule has 1 aromatic heterocycles. The lowest BCUT2D eigenvalue weighted by Crippen LogP contribution is -2.40. The zero-order chi connectivity index (χ0) is 18.6. The van der Waals surface area contributed by atoms with Gasteiger partial charge in [-0.3, -0.25) is 4.79 Å². The Labute approximate surface area is 156 Å². The second-order valence-corrected chi connectivity index (χ2v) is 9.05. The number of benzene rings is 1. The summed E-state index contributed by atoms with van der Waals surface area (Å²) >= 11 is 6.24. The summed E-state index contributed by atoms with van der Waals surface area (Å²) in [6.45, 7) is 2.23. The van der Waals surface area contributed by atoms with E-state index in [1.54, 1.807) is 13.1 Å². The molecule has 4 rings (SSSR count). The average molecular weight is 396 g/mol. The number of ether oxygens (including phenoxy) is 1. The van der Waals surface area contributed by atoms with Crippen molar-refractivity contribution in [3.63, 3.8) is 0 Å². The van der Waals surface area contributed by atoms with Gasteiger partial charge in [0, 0.05) is 31.1 Å². The first-order valence-corrected chi connectivity index (χ1v) is 10.1. The number of aromatic nitrogens is 2. The smallest absolute Gasteiger partial charge is 0.256 e. The van der Waals surface area contributed by atoms with Crippen molar-refractivity contribution < 1.29 is 13.2 Å². The highest BCUT2D eigenvalue weighted by atomic mass is 35.5. The summed E-state index contributed by atoms with van der Waals surface area (Å²) in [6.07, 6.45) is 2.36. The van der Waals surface area contributed by atoms with Crippen LogP contribution < -0.4 is 10.3 Å². The maximum Gasteiger partial charge on any atom is 0.256 e. The van der Waals surface area contributed by atoms with Crippen LogP contribution in [0.1, 0.15) is 23.7 Å². The zero-order valence-electron chi connectivity index (χ0n) is 14.4. The molecule has 0 amide bonds. The summed E-state index contributed by atoms with van der Waals surface area (Å²) in [7, 11) is -2.11. The van der Waals surface area contributed by atoms with Crippen molar-refractivity contribution in [3.05, 3.63) is 50.7 Å². The van der Waals surface area contributed by atoms with Gasteiger partial charge in [0.25, 0.3) is 5.56 Å². The highest BCUT2D eigenvalue weighted by molar-refractivity contribution is 7.89. The van der Waals surface area contributed by atoms with E-state index in [4.69, 9.17) is 16.3 Å². The van der Waals surface area contributed by atoms with Crippen molar-refractivity contribution in [2.75, 3.05) is 6.54 Å². The van der Waals surface area contributed by atoms with Gasteiger partial charge < -0.3 is 9.30 Å². The Morgan fingerprint density at radius 1 is 1.35 bits per heavy atom. The Morgan fingerprint density at radius 3 is 2.88 bits per heavy atom. The van der Waals surface area contributed by atoms with Crippen LogP contribution in [0.25, 0.3) is 0 Å². The molecule has 7 nitrogen and oxygen atoms in total. The Morgan fingerprint density at radius 2 is 2.12 bits per heavy atom. The molecule has 2 aliphatic rings. The molecular weight excluding hydrogens is 378 g/mol. The summed E-state index contributed by atoms with van der Waals surface area (Å²) < 4.78 is 34.6. The third-order valence-electron chi connectivity index (χ3n) is 4.81. The van der Waals surface area contributed by atoms with Gasteiger partial charge in [-0.25, -0.2) is 13.4 Å².